The Morgan fingerprint density at radius 1 is 0.794 bits per heavy atom. The van der Waals surface area contributed by atoms with Crippen LogP contribution in [0.5, 0.6) is 0 Å². The molecule has 0 saturated heterocycles. The van der Waals surface area contributed by atoms with Crippen molar-refractivity contribution in [2.45, 2.75) is 32.6 Å². The second kappa shape index (κ2) is 12.3. The SMILES string of the molecule is CCCCCCN(C)c1ccc(N=Nc2ccc(N=Nc3ccc([N+](=O)[O-])c(F)c3)cc2)cc1. The lowest BCUT2D eigenvalue weighted by atomic mass is 10.2. The maximum absolute atomic E-state index is 13.7. The van der Waals surface area contributed by atoms with E-state index < -0.39 is 16.4 Å². The summed E-state index contributed by atoms with van der Waals surface area (Å²) in [5.41, 5.74) is 2.67. The number of hydrogen-bond donors (Lipinski definition) is 0. The average molecular weight is 463 g/mol. The van der Waals surface area contributed by atoms with E-state index in [0.717, 1.165) is 30.1 Å². The monoisotopic (exact) mass is 462 g/mol. The highest BCUT2D eigenvalue weighted by atomic mass is 19.1. The van der Waals surface area contributed by atoms with Gasteiger partial charge in [-0.3, -0.25) is 10.1 Å². The summed E-state index contributed by atoms with van der Waals surface area (Å²) < 4.78 is 13.7. The summed E-state index contributed by atoms with van der Waals surface area (Å²) in [6.07, 6.45) is 4.95. The molecule has 0 fully saturated rings. The number of halogens is 1. The number of nitrogens with zero attached hydrogens (tertiary/aromatic N) is 6. The molecule has 9 heteroatoms. The van der Waals surface area contributed by atoms with Crippen molar-refractivity contribution in [1.82, 2.24) is 0 Å². The minimum absolute atomic E-state index is 0.182. The lowest BCUT2D eigenvalue weighted by Crippen LogP contribution is -2.18. The number of anilines is 1. The first-order chi connectivity index (χ1) is 16.5. The summed E-state index contributed by atoms with van der Waals surface area (Å²) in [6, 6.07) is 18.2. The molecule has 0 atom stereocenters. The Balaban J connectivity index is 1.56. The van der Waals surface area contributed by atoms with E-state index in [1.807, 2.05) is 24.3 Å². The zero-order valence-electron chi connectivity index (χ0n) is 19.3. The van der Waals surface area contributed by atoms with Gasteiger partial charge in [0.2, 0.25) is 5.82 Å². The maximum Gasteiger partial charge on any atom is 0.304 e. The zero-order valence-corrected chi connectivity index (χ0v) is 19.3. The van der Waals surface area contributed by atoms with Crippen molar-refractivity contribution in [3.05, 3.63) is 82.7 Å². The summed E-state index contributed by atoms with van der Waals surface area (Å²) in [5.74, 6) is -0.955. The van der Waals surface area contributed by atoms with E-state index >= 15 is 0 Å². The van der Waals surface area contributed by atoms with E-state index in [0.29, 0.717) is 11.4 Å². The topological polar surface area (TPSA) is 95.8 Å². The summed E-state index contributed by atoms with van der Waals surface area (Å²) >= 11 is 0. The van der Waals surface area contributed by atoms with E-state index in [1.165, 1.54) is 31.7 Å². The van der Waals surface area contributed by atoms with Crippen LogP contribution in [0.2, 0.25) is 0 Å². The number of nitro benzene ring substituents is 1. The molecule has 0 unspecified atom stereocenters. The standard InChI is InChI=1S/C25H27FN6O2/c1-3-4-5-6-17-31(2)23-14-11-21(12-15-23)28-27-19-7-9-20(10-8-19)29-30-22-13-16-25(32(33)34)24(26)18-22/h7-16,18H,3-6,17H2,1-2H3. The molecule has 0 heterocycles. The van der Waals surface area contributed by atoms with Crippen LogP contribution >= 0.6 is 0 Å². The first-order valence-corrected chi connectivity index (χ1v) is 11.1. The molecule has 3 aromatic carbocycles. The van der Waals surface area contributed by atoms with Crippen molar-refractivity contribution in [2.24, 2.45) is 20.5 Å². The third-order valence-electron chi connectivity index (χ3n) is 5.18. The van der Waals surface area contributed by atoms with Gasteiger partial charge in [0, 0.05) is 31.4 Å². The van der Waals surface area contributed by atoms with Crippen molar-refractivity contribution in [3.63, 3.8) is 0 Å². The minimum atomic E-state index is -0.955. The number of hydrogen-bond acceptors (Lipinski definition) is 7. The molecule has 3 aromatic rings. The average Bonchev–Trinajstić information content (AvgIpc) is 2.84. The van der Waals surface area contributed by atoms with Gasteiger partial charge in [0.25, 0.3) is 0 Å². The Morgan fingerprint density at radius 3 is 1.79 bits per heavy atom. The molecule has 34 heavy (non-hydrogen) atoms. The van der Waals surface area contributed by atoms with Crippen molar-refractivity contribution in [1.29, 1.82) is 0 Å². The van der Waals surface area contributed by atoms with Crippen LogP contribution in [0.25, 0.3) is 0 Å². The van der Waals surface area contributed by atoms with Gasteiger partial charge >= 0.3 is 5.69 Å². The second-order valence-corrected chi connectivity index (χ2v) is 7.81. The highest BCUT2D eigenvalue weighted by Gasteiger charge is 2.13. The number of benzene rings is 3. The van der Waals surface area contributed by atoms with Crippen LogP contribution in [0.3, 0.4) is 0 Å². The minimum Gasteiger partial charge on any atom is -0.375 e. The van der Waals surface area contributed by atoms with Gasteiger partial charge in [-0.1, -0.05) is 26.2 Å². The molecule has 0 saturated carbocycles. The van der Waals surface area contributed by atoms with Gasteiger partial charge in [-0.05, 0) is 61.0 Å². The molecule has 0 bridgehead atoms. The predicted octanol–water partition coefficient (Wildman–Crippen LogP) is 8.58. The molecule has 0 aliphatic carbocycles. The van der Waals surface area contributed by atoms with Crippen LogP contribution in [0.4, 0.5) is 38.5 Å². The van der Waals surface area contributed by atoms with Crippen LogP contribution < -0.4 is 4.90 Å². The van der Waals surface area contributed by atoms with Gasteiger partial charge in [-0.2, -0.15) is 24.8 Å². The highest BCUT2D eigenvalue weighted by Crippen LogP contribution is 2.26. The van der Waals surface area contributed by atoms with Crippen molar-refractivity contribution in [2.75, 3.05) is 18.5 Å². The van der Waals surface area contributed by atoms with Gasteiger partial charge in [0.15, 0.2) is 0 Å². The Hall–Kier alpha value is -4.01. The van der Waals surface area contributed by atoms with Gasteiger partial charge in [0.05, 0.1) is 27.7 Å². The van der Waals surface area contributed by atoms with E-state index in [4.69, 9.17) is 0 Å². The second-order valence-electron chi connectivity index (χ2n) is 7.81. The van der Waals surface area contributed by atoms with Crippen LogP contribution in [-0.2, 0) is 0 Å². The molecule has 0 aliphatic heterocycles. The van der Waals surface area contributed by atoms with Gasteiger partial charge in [-0.25, -0.2) is 0 Å². The van der Waals surface area contributed by atoms with Crippen molar-refractivity contribution < 1.29 is 9.31 Å². The summed E-state index contributed by atoms with van der Waals surface area (Å²) in [6.45, 7) is 3.24. The molecular weight excluding hydrogens is 435 g/mol. The number of azo groups is 2. The third-order valence-corrected chi connectivity index (χ3v) is 5.18. The van der Waals surface area contributed by atoms with Gasteiger partial charge in [0.1, 0.15) is 0 Å². The van der Waals surface area contributed by atoms with E-state index in [1.54, 1.807) is 24.3 Å². The fraction of sp³-hybridized carbons (Fsp3) is 0.280. The Kier molecular flexibility index (Phi) is 8.90. The van der Waals surface area contributed by atoms with Crippen molar-refractivity contribution >= 4 is 34.1 Å². The quantitative estimate of drug-likeness (QED) is 0.123. The van der Waals surface area contributed by atoms with E-state index in [-0.39, 0.29) is 5.69 Å². The maximum atomic E-state index is 13.7. The summed E-state index contributed by atoms with van der Waals surface area (Å²) in [7, 11) is 2.10. The van der Waals surface area contributed by atoms with Crippen LogP contribution in [0.15, 0.2) is 87.2 Å². The molecule has 176 valence electrons. The fourth-order valence-corrected chi connectivity index (χ4v) is 3.20. The van der Waals surface area contributed by atoms with Gasteiger partial charge in [-0.15, -0.1) is 0 Å². The molecule has 0 aromatic heterocycles. The van der Waals surface area contributed by atoms with Crippen LogP contribution in [0.1, 0.15) is 32.6 Å². The molecule has 0 N–H and O–H groups in total. The summed E-state index contributed by atoms with van der Waals surface area (Å²) in [4.78, 5) is 12.1. The van der Waals surface area contributed by atoms with E-state index in [2.05, 4.69) is 39.3 Å². The highest BCUT2D eigenvalue weighted by molar-refractivity contribution is 5.53. The van der Waals surface area contributed by atoms with Crippen LogP contribution in [-0.4, -0.2) is 18.5 Å². The lowest BCUT2D eigenvalue weighted by molar-refractivity contribution is -0.387. The Bertz CT molecular complexity index is 1150. The Labute approximate surface area is 198 Å². The lowest BCUT2D eigenvalue weighted by Gasteiger charge is -2.19. The molecule has 3 rings (SSSR count). The Morgan fingerprint density at radius 2 is 1.29 bits per heavy atom. The zero-order chi connectivity index (χ0) is 24.3. The molecule has 0 spiro atoms. The van der Waals surface area contributed by atoms with Crippen LogP contribution in [0, 0.1) is 15.9 Å². The molecule has 0 aliphatic rings. The third kappa shape index (κ3) is 7.26. The smallest absolute Gasteiger partial charge is 0.304 e. The number of unbranched alkanes of at least 4 members (excludes halogenated alkanes) is 3. The predicted molar refractivity (Wildman–Crippen MR) is 132 cm³/mol. The fourth-order valence-electron chi connectivity index (χ4n) is 3.20. The van der Waals surface area contributed by atoms with Gasteiger partial charge < -0.3 is 4.90 Å². The molecular formula is C25H27FN6O2. The summed E-state index contributed by atoms with van der Waals surface area (Å²) in [5, 5.41) is 27.1. The largest absolute Gasteiger partial charge is 0.375 e. The normalized spacial score (nSPS) is 11.4. The first-order valence-electron chi connectivity index (χ1n) is 11.1. The van der Waals surface area contributed by atoms with Crippen molar-refractivity contribution in [3.8, 4) is 0 Å². The molecule has 8 nitrogen and oxygen atoms in total. The first kappa shape index (κ1) is 24.6. The number of nitro groups is 1. The molecule has 0 amide bonds. The number of rotatable bonds is 11. The van der Waals surface area contributed by atoms with E-state index in [9.17, 15) is 14.5 Å². The molecule has 0 radical (unpaired) electrons.